The van der Waals surface area contributed by atoms with Crippen LogP contribution in [0.15, 0.2) is 52.3 Å². The van der Waals surface area contributed by atoms with Crippen molar-refractivity contribution in [2.75, 3.05) is 30.3 Å². The predicted octanol–water partition coefficient (Wildman–Crippen LogP) is 3.96. The topological polar surface area (TPSA) is 58.6 Å². The summed E-state index contributed by atoms with van der Waals surface area (Å²) in [5, 5.41) is 0. The predicted molar refractivity (Wildman–Crippen MR) is 113 cm³/mol. The van der Waals surface area contributed by atoms with Crippen molar-refractivity contribution in [3.05, 3.63) is 53.8 Å². The highest BCUT2D eigenvalue weighted by atomic mass is 32.2. The monoisotopic (exact) mass is 436 g/mol. The van der Waals surface area contributed by atoms with Crippen LogP contribution in [0, 0.1) is 5.82 Å². The first kappa shape index (κ1) is 20.7. The molecule has 0 spiro atoms. The number of rotatable bonds is 6. The standard InChI is InChI=1S/C21H25FN2O3S2/c1-2-27-15-9-11-24(12-10-15)20-8-7-16(13-18(20)22)29(25,26)23-19-14-28-21-6-4-3-5-17(19)21/h3-8,13,15,19,23H,2,9-12,14H2,1H3. The number of hydrogen-bond acceptors (Lipinski definition) is 5. The Bertz CT molecular complexity index is 976. The fourth-order valence-electron chi connectivity index (χ4n) is 3.93. The number of anilines is 1. The van der Waals surface area contributed by atoms with Gasteiger partial charge in [0.1, 0.15) is 5.82 Å². The molecule has 1 atom stereocenters. The summed E-state index contributed by atoms with van der Waals surface area (Å²) in [4.78, 5) is 2.99. The van der Waals surface area contributed by atoms with Gasteiger partial charge in [0.15, 0.2) is 0 Å². The normalized spacial score (nSPS) is 20.1. The van der Waals surface area contributed by atoms with E-state index in [1.165, 1.54) is 6.07 Å². The van der Waals surface area contributed by atoms with E-state index in [-0.39, 0.29) is 17.0 Å². The summed E-state index contributed by atoms with van der Waals surface area (Å²) < 4.78 is 48.8. The van der Waals surface area contributed by atoms with Crippen LogP contribution >= 0.6 is 11.8 Å². The van der Waals surface area contributed by atoms with E-state index in [0.717, 1.165) is 29.4 Å². The summed E-state index contributed by atoms with van der Waals surface area (Å²) in [6.07, 6.45) is 1.90. The minimum absolute atomic E-state index is 0.0441. The Kier molecular flexibility index (Phi) is 6.15. The van der Waals surface area contributed by atoms with E-state index in [1.807, 2.05) is 36.1 Å². The zero-order valence-electron chi connectivity index (χ0n) is 16.3. The number of fused-ring (bicyclic) bond motifs is 1. The Balaban J connectivity index is 1.47. The van der Waals surface area contributed by atoms with Gasteiger partial charge in [-0.3, -0.25) is 0 Å². The van der Waals surface area contributed by atoms with Crippen LogP contribution in [0.2, 0.25) is 0 Å². The maximum atomic E-state index is 14.8. The lowest BCUT2D eigenvalue weighted by Crippen LogP contribution is -2.37. The third-order valence-corrected chi connectivity index (χ3v) is 8.06. The molecule has 5 nitrogen and oxygen atoms in total. The number of sulfonamides is 1. The quantitative estimate of drug-likeness (QED) is 0.743. The lowest BCUT2D eigenvalue weighted by Gasteiger charge is -2.33. The van der Waals surface area contributed by atoms with E-state index >= 15 is 0 Å². The minimum Gasteiger partial charge on any atom is -0.378 e. The van der Waals surface area contributed by atoms with Crippen molar-refractivity contribution in [3.8, 4) is 0 Å². The second-order valence-corrected chi connectivity index (χ2v) is 10.1. The van der Waals surface area contributed by atoms with Crippen molar-refractivity contribution in [2.24, 2.45) is 0 Å². The van der Waals surface area contributed by atoms with Gasteiger partial charge in [-0.1, -0.05) is 18.2 Å². The summed E-state index contributed by atoms with van der Waals surface area (Å²) >= 11 is 1.62. The second-order valence-electron chi connectivity index (χ2n) is 7.28. The maximum Gasteiger partial charge on any atom is 0.241 e. The van der Waals surface area contributed by atoms with Gasteiger partial charge < -0.3 is 9.64 Å². The molecule has 4 rings (SSSR count). The highest BCUT2D eigenvalue weighted by Crippen LogP contribution is 2.38. The molecular formula is C21H25FN2O3S2. The Morgan fingerprint density at radius 3 is 2.69 bits per heavy atom. The van der Waals surface area contributed by atoms with Gasteiger partial charge in [0.05, 0.1) is 22.7 Å². The third kappa shape index (κ3) is 4.45. The molecule has 29 heavy (non-hydrogen) atoms. The molecule has 1 fully saturated rings. The minimum atomic E-state index is -3.81. The molecule has 0 bridgehead atoms. The van der Waals surface area contributed by atoms with Gasteiger partial charge in [0, 0.05) is 30.3 Å². The molecule has 2 heterocycles. The van der Waals surface area contributed by atoms with Crippen molar-refractivity contribution < 1.29 is 17.5 Å². The van der Waals surface area contributed by atoms with Crippen molar-refractivity contribution in [2.45, 2.75) is 41.7 Å². The molecule has 0 aromatic heterocycles. The van der Waals surface area contributed by atoms with Crippen LogP contribution in [0.1, 0.15) is 31.4 Å². The summed E-state index contributed by atoms with van der Waals surface area (Å²) in [6, 6.07) is 11.6. The lowest BCUT2D eigenvalue weighted by atomic mass is 10.1. The molecular weight excluding hydrogens is 411 g/mol. The van der Waals surface area contributed by atoms with Crippen molar-refractivity contribution in [3.63, 3.8) is 0 Å². The van der Waals surface area contributed by atoms with E-state index in [1.54, 1.807) is 17.8 Å². The Morgan fingerprint density at radius 1 is 1.21 bits per heavy atom. The van der Waals surface area contributed by atoms with E-state index in [9.17, 15) is 12.8 Å². The number of benzene rings is 2. The van der Waals surface area contributed by atoms with Gasteiger partial charge in [-0.05, 0) is 49.6 Å². The first-order chi connectivity index (χ1) is 14.0. The first-order valence-electron chi connectivity index (χ1n) is 9.88. The average molecular weight is 437 g/mol. The molecule has 156 valence electrons. The molecule has 1 unspecified atom stereocenters. The maximum absolute atomic E-state index is 14.8. The zero-order valence-corrected chi connectivity index (χ0v) is 17.9. The van der Waals surface area contributed by atoms with Crippen molar-refractivity contribution >= 4 is 27.5 Å². The number of thioether (sulfide) groups is 1. The molecule has 2 aromatic rings. The van der Waals surface area contributed by atoms with Gasteiger partial charge in [-0.15, -0.1) is 11.8 Å². The largest absolute Gasteiger partial charge is 0.378 e. The SMILES string of the molecule is CCOC1CCN(c2ccc(S(=O)(=O)NC3CSc4ccccc43)cc2F)CC1. The summed E-state index contributed by atoms with van der Waals surface area (Å²) in [5.74, 6) is 0.123. The molecule has 0 radical (unpaired) electrons. The molecule has 2 aliphatic rings. The number of nitrogens with zero attached hydrogens (tertiary/aromatic N) is 1. The van der Waals surface area contributed by atoms with Crippen LogP contribution in [-0.2, 0) is 14.8 Å². The molecule has 8 heteroatoms. The number of hydrogen-bond donors (Lipinski definition) is 1. The molecule has 0 amide bonds. The fraction of sp³-hybridized carbons (Fsp3) is 0.429. The Hall–Kier alpha value is -1.61. The zero-order chi connectivity index (χ0) is 20.4. The second kappa shape index (κ2) is 8.63. The van der Waals surface area contributed by atoms with Crippen molar-refractivity contribution in [1.29, 1.82) is 0 Å². The summed E-state index contributed by atoms with van der Waals surface area (Å²) in [6.45, 7) is 4.05. The first-order valence-corrected chi connectivity index (χ1v) is 12.3. The summed E-state index contributed by atoms with van der Waals surface area (Å²) in [7, 11) is -3.81. The molecule has 0 saturated carbocycles. The van der Waals surface area contributed by atoms with Crippen LogP contribution in [0.4, 0.5) is 10.1 Å². The van der Waals surface area contributed by atoms with E-state index in [4.69, 9.17) is 4.74 Å². The number of ether oxygens (including phenoxy) is 1. The fourth-order valence-corrected chi connectivity index (χ4v) is 6.42. The van der Waals surface area contributed by atoms with Crippen LogP contribution in [-0.4, -0.2) is 40.0 Å². The van der Waals surface area contributed by atoms with E-state index in [0.29, 0.717) is 31.1 Å². The molecule has 2 aliphatic heterocycles. The number of piperidine rings is 1. The van der Waals surface area contributed by atoms with Gasteiger partial charge in [0.2, 0.25) is 10.0 Å². The lowest BCUT2D eigenvalue weighted by molar-refractivity contribution is 0.0458. The van der Waals surface area contributed by atoms with Crippen LogP contribution < -0.4 is 9.62 Å². The van der Waals surface area contributed by atoms with E-state index < -0.39 is 15.8 Å². The van der Waals surface area contributed by atoms with Gasteiger partial charge in [0.25, 0.3) is 0 Å². The molecule has 2 aromatic carbocycles. The highest BCUT2D eigenvalue weighted by molar-refractivity contribution is 7.99. The van der Waals surface area contributed by atoms with E-state index in [2.05, 4.69) is 4.72 Å². The number of halogens is 1. The Morgan fingerprint density at radius 2 is 1.97 bits per heavy atom. The van der Waals surface area contributed by atoms with Gasteiger partial charge in [-0.25, -0.2) is 17.5 Å². The molecule has 1 N–H and O–H groups in total. The smallest absolute Gasteiger partial charge is 0.241 e. The third-order valence-electron chi connectivity index (χ3n) is 5.41. The van der Waals surface area contributed by atoms with Crippen LogP contribution in [0.25, 0.3) is 0 Å². The average Bonchev–Trinajstić information content (AvgIpc) is 3.11. The molecule has 1 saturated heterocycles. The van der Waals surface area contributed by atoms with Gasteiger partial charge in [-0.2, -0.15) is 0 Å². The van der Waals surface area contributed by atoms with Crippen molar-refractivity contribution in [1.82, 2.24) is 4.72 Å². The number of nitrogens with one attached hydrogen (secondary N) is 1. The van der Waals surface area contributed by atoms with Gasteiger partial charge >= 0.3 is 0 Å². The van der Waals surface area contributed by atoms with Crippen LogP contribution in [0.5, 0.6) is 0 Å². The highest BCUT2D eigenvalue weighted by Gasteiger charge is 2.29. The van der Waals surface area contributed by atoms with Crippen LogP contribution in [0.3, 0.4) is 0 Å². The Labute approximate surface area is 175 Å². The molecule has 0 aliphatic carbocycles. The summed E-state index contributed by atoms with van der Waals surface area (Å²) in [5.41, 5.74) is 1.41.